The highest BCUT2D eigenvalue weighted by atomic mass is 16.2. The van der Waals surface area contributed by atoms with E-state index in [1.54, 1.807) is 0 Å². The first-order valence-electron chi connectivity index (χ1n) is 10.9. The summed E-state index contributed by atoms with van der Waals surface area (Å²) in [7, 11) is 0. The molecule has 1 saturated carbocycles. The number of nitrogens with zero attached hydrogens (tertiary/aromatic N) is 1. The Kier molecular flexibility index (Phi) is 6.17. The first kappa shape index (κ1) is 20.2. The molecular weight excluding hydrogens is 374 g/mol. The Bertz CT molecular complexity index is 1070. The number of hydrogen-bond acceptors (Lipinski definition) is 2. The maximum Gasteiger partial charge on any atom is 0.318 e. The molecule has 0 radical (unpaired) electrons. The quantitative estimate of drug-likeness (QED) is 0.624. The number of benzene rings is 2. The Balaban J connectivity index is 1.57. The lowest BCUT2D eigenvalue weighted by atomic mass is 10.1. The van der Waals surface area contributed by atoms with Crippen molar-refractivity contribution in [3.63, 3.8) is 0 Å². The van der Waals surface area contributed by atoms with Crippen LogP contribution in [0.3, 0.4) is 0 Å². The van der Waals surface area contributed by atoms with Crippen molar-refractivity contribution in [2.75, 3.05) is 0 Å². The predicted molar refractivity (Wildman–Crippen MR) is 120 cm³/mol. The number of aromatic nitrogens is 1. The average molecular weight is 404 g/mol. The zero-order valence-electron chi connectivity index (χ0n) is 17.5. The summed E-state index contributed by atoms with van der Waals surface area (Å²) in [5.74, 6) is 0. The van der Waals surface area contributed by atoms with Crippen LogP contribution >= 0.6 is 0 Å². The average Bonchev–Trinajstić information content (AvgIpc) is 3.31. The summed E-state index contributed by atoms with van der Waals surface area (Å²) in [4.78, 5) is 30.7. The molecule has 5 nitrogen and oxygen atoms in total. The van der Waals surface area contributed by atoms with E-state index in [-0.39, 0.29) is 17.6 Å². The van der Waals surface area contributed by atoms with Crippen LogP contribution in [0.15, 0.2) is 59.4 Å². The number of aryl methyl sites for hydroxylation is 1. The van der Waals surface area contributed by atoms with Crippen molar-refractivity contribution in [2.24, 2.45) is 0 Å². The highest BCUT2D eigenvalue weighted by molar-refractivity contribution is 5.80. The van der Waals surface area contributed by atoms with E-state index < -0.39 is 0 Å². The second kappa shape index (κ2) is 9.16. The van der Waals surface area contributed by atoms with Gasteiger partial charge in [0.25, 0.3) is 5.56 Å². The SMILES string of the molecule is CCc1ccc2[nH]c(=O)c(CN(C(=O)NCc3ccccc3)C3CCCC3)cc2c1. The molecule has 156 valence electrons. The van der Waals surface area contributed by atoms with Gasteiger partial charge in [0, 0.05) is 23.7 Å². The molecular formula is C25H29N3O2. The van der Waals surface area contributed by atoms with Gasteiger partial charge in [-0.25, -0.2) is 4.79 Å². The van der Waals surface area contributed by atoms with E-state index in [9.17, 15) is 9.59 Å². The molecule has 5 heteroatoms. The molecule has 1 aliphatic rings. The van der Waals surface area contributed by atoms with Crippen molar-refractivity contribution in [3.05, 3.63) is 81.6 Å². The Morgan fingerprint density at radius 2 is 1.83 bits per heavy atom. The number of aromatic amines is 1. The highest BCUT2D eigenvalue weighted by Crippen LogP contribution is 2.25. The van der Waals surface area contributed by atoms with Gasteiger partial charge in [-0.15, -0.1) is 0 Å². The fourth-order valence-corrected chi connectivity index (χ4v) is 4.28. The molecule has 0 saturated heterocycles. The molecule has 1 fully saturated rings. The van der Waals surface area contributed by atoms with E-state index in [1.165, 1.54) is 5.56 Å². The van der Waals surface area contributed by atoms with E-state index in [0.29, 0.717) is 18.7 Å². The van der Waals surface area contributed by atoms with Crippen LogP contribution in [0.2, 0.25) is 0 Å². The number of carbonyl (C=O) groups excluding carboxylic acids is 1. The minimum absolute atomic E-state index is 0.104. The zero-order valence-corrected chi connectivity index (χ0v) is 17.5. The summed E-state index contributed by atoms with van der Waals surface area (Å²) in [6.45, 7) is 2.93. The third-order valence-corrected chi connectivity index (χ3v) is 6.05. The molecule has 0 spiro atoms. The van der Waals surface area contributed by atoms with Crippen molar-refractivity contribution in [1.29, 1.82) is 0 Å². The molecule has 30 heavy (non-hydrogen) atoms. The van der Waals surface area contributed by atoms with Crippen LogP contribution in [-0.4, -0.2) is 22.0 Å². The lowest BCUT2D eigenvalue weighted by molar-refractivity contribution is 0.170. The molecule has 0 bridgehead atoms. The number of H-pyrrole nitrogens is 1. The maximum atomic E-state index is 13.1. The summed E-state index contributed by atoms with van der Waals surface area (Å²) < 4.78 is 0. The first-order valence-corrected chi connectivity index (χ1v) is 10.9. The minimum Gasteiger partial charge on any atom is -0.334 e. The van der Waals surface area contributed by atoms with Crippen LogP contribution in [-0.2, 0) is 19.5 Å². The van der Waals surface area contributed by atoms with Crippen LogP contribution < -0.4 is 10.9 Å². The molecule has 0 unspecified atom stereocenters. The predicted octanol–water partition coefficient (Wildman–Crippen LogP) is 4.74. The number of amides is 2. The molecule has 1 heterocycles. The van der Waals surface area contributed by atoms with Crippen molar-refractivity contribution in [1.82, 2.24) is 15.2 Å². The van der Waals surface area contributed by atoms with E-state index >= 15 is 0 Å². The molecule has 0 atom stereocenters. The van der Waals surface area contributed by atoms with Gasteiger partial charge in [-0.1, -0.05) is 56.2 Å². The van der Waals surface area contributed by atoms with Crippen LogP contribution in [0.25, 0.3) is 10.9 Å². The molecule has 3 aromatic rings. The summed E-state index contributed by atoms with van der Waals surface area (Å²) >= 11 is 0. The second-order valence-corrected chi connectivity index (χ2v) is 8.11. The molecule has 2 amide bonds. The number of hydrogen-bond donors (Lipinski definition) is 2. The molecule has 0 aliphatic heterocycles. The Morgan fingerprint density at radius 1 is 1.07 bits per heavy atom. The van der Waals surface area contributed by atoms with Gasteiger partial charge >= 0.3 is 6.03 Å². The Morgan fingerprint density at radius 3 is 2.57 bits per heavy atom. The summed E-state index contributed by atoms with van der Waals surface area (Å²) in [5.41, 5.74) is 3.65. The van der Waals surface area contributed by atoms with Gasteiger partial charge in [0.1, 0.15) is 0 Å². The number of carbonyl (C=O) groups is 1. The summed E-state index contributed by atoms with van der Waals surface area (Å²) in [6, 6.07) is 18.0. The Hall–Kier alpha value is -3.08. The number of urea groups is 1. The fourth-order valence-electron chi connectivity index (χ4n) is 4.28. The minimum atomic E-state index is -0.120. The van der Waals surface area contributed by atoms with Gasteiger partial charge in [-0.05, 0) is 54.0 Å². The third-order valence-electron chi connectivity index (χ3n) is 6.05. The number of rotatable bonds is 6. The van der Waals surface area contributed by atoms with Gasteiger partial charge in [0.05, 0.1) is 6.54 Å². The smallest absolute Gasteiger partial charge is 0.318 e. The number of fused-ring (bicyclic) bond motifs is 1. The van der Waals surface area contributed by atoms with Crippen molar-refractivity contribution in [2.45, 2.75) is 58.2 Å². The van der Waals surface area contributed by atoms with E-state index in [0.717, 1.165) is 48.6 Å². The molecule has 1 aromatic heterocycles. The molecule has 1 aliphatic carbocycles. The van der Waals surface area contributed by atoms with Crippen LogP contribution in [0, 0.1) is 0 Å². The van der Waals surface area contributed by atoms with E-state index in [2.05, 4.69) is 23.3 Å². The molecule has 4 rings (SSSR count). The van der Waals surface area contributed by atoms with Gasteiger partial charge in [-0.3, -0.25) is 4.79 Å². The summed E-state index contributed by atoms with van der Waals surface area (Å²) in [5, 5.41) is 4.06. The monoisotopic (exact) mass is 403 g/mol. The van der Waals surface area contributed by atoms with E-state index in [1.807, 2.05) is 53.4 Å². The largest absolute Gasteiger partial charge is 0.334 e. The van der Waals surface area contributed by atoms with Crippen molar-refractivity contribution in [3.8, 4) is 0 Å². The Labute approximate surface area is 177 Å². The number of pyridine rings is 1. The van der Waals surface area contributed by atoms with Crippen molar-refractivity contribution >= 4 is 16.9 Å². The van der Waals surface area contributed by atoms with Gasteiger partial charge in [0.2, 0.25) is 0 Å². The lowest BCUT2D eigenvalue weighted by Crippen LogP contribution is -2.45. The lowest BCUT2D eigenvalue weighted by Gasteiger charge is -2.29. The topological polar surface area (TPSA) is 65.2 Å². The van der Waals surface area contributed by atoms with Gasteiger partial charge in [0.15, 0.2) is 0 Å². The van der Waals surface area contributed by atoms with E-state index in [4.69, 9.17) is 0 Å². The van der Waals surface area contributed by atoms with Crippen LogP contribution in [0.1, 0.15) is 49.3 Å². The molecule has 2 aromatic carbocycles. The first-order chi connectivity index (χ1) is 14.6. The maximum absolute atomic E-state index is 13.1. The second-order valence-electron chi connectivity index (χ2n) is 8.11. The van der Waals surface area contributed by atoms with Gasteiger partial charge in [-0.2, -0.15) is 0 Å². The normalized spacial score (nSPS) is 14.2. The summed E-state index contributed by atoms with van der Waals surface area (Å²) in [6.07, 6.45) is 5.18. The molecule has 2 N–H and O–H groups in total. The number of nitrogens with one attached hydrogen (secondary N) is 2. The van der Waals surface area contributed by atoms with Gasteiger partial charge < -0.3 is 15.2 Å². The highest BCUT2D eigenvalue weighted by Gasteiger charge is 2.27. The third kappa shape index (κ3) is 4.56. The fraction of sp³-hybridized carbons (Fsp3) is 0.360. The van der Waals surface area contributed by atoms with Crippen LogP contribution in [0.5, 0.6) is 0 Å². The van der Waals surface area contributed by atoms with Crippen molar-refractivity contribution < 1.29 is 4.79 Å². The zero-order chi connectivity index (χ0) is 20.9. The van der Waals surface area contributed by atoms with Crippen LogP contribution in [0.4, 0.5) is 4.79 Å². The standard InChI is InChI=1S/C25H29N3O2/c1-2-18-12-13-23-20(14-18)15-21(24(29)27-23)17-28(22-10-6-7-11-22)25(30)26-16-19-8-4-3-5-9-19/h3-5,8-9,12-15,22H,2,6-7,10-11,16-17H2,1H3,(H,26,30)(H,27,29).